The van der Waals surface area contributed by atoms with Gasteiger partial charge in [-0.3, -0.25) is 4.79 Å². The summed E-state index contributed by atoms with van der Waals surface area (Å²) in [5, 5.41) is 2.88. The van der Waals surface area contributed by atoms with Gasteiger partial charge in [0.2, 0.25) is 5.91 Å². The van der Waals surface area contributed by atoms with E-state index in [1.165, 1.54) is 0 Å². The summed E-state index contributed by atoms with van der Waals surface area (Å²) in [6.45, 7) is 2.30. The second-order valence-corrected chi connectivity index (χ2v) is 8.79. The van der Waals surface area contributed by atoms with Gasteiger partial charge in [-0.1, -0.05) is 30.3 Å². The van der Waals surface area contributed by atoms with Crippen molar-refractivity contribution in [2.45, 2.75) is 13.0 Å². The fourth-order valence-electron chi connectivity index (χ4n) is 3.26. The second kappa shape index (κ2) is 7.43. The van der Waals surface area contributed by atoms with E-state index >= 15 is 0 Å². The van der Waals surface area contributed by atoms with Crippen molar-refractivity contribution in [1.82, 2.24) is 15.1 Å². The molecule has 1 atom stereocenters. The van der Waals surface area contributed by atoms with Crippen molar-refractivity contribution in [2.75, 3.05) is 37.7 Å². The van der Waals surface area contributed by atoms with Crippen LogP contribution in [0.2, 0.25) is 0 Å². The number of sulfone groups is 1. The fourth-order valence-corrected chi connectivity index (χ4v) is 5.00. The third-order valence-electron chi connectivity index (χ3n) is 4.75. The Morgan fingerprint density at radius 3 is 2.28 bits per heavy atom. The number of hydrogen-bond donors (Lipinski definition) is 1. The van der Waals surface area contributed by atoms with Gasteiger partial charge in [0.25, 0.3) is 0 Å². The molecule has 1 aromatic rings. The number of carbonyl (C=O) groups excluding carboxylic acids is 2. The van der Waals surface area contributed by atoms with Crippen LogP contribution in [-0.2, 0) is 21.2 Å². The predicted octanol–water partition coefficient (Wildman–Crippen LogP) is 0.475. The van der Waals surface area contributed by atoms with Gasteiger partial charge in [-0.25, -0.2) is 13.2 Å². The molecule has 3 amide bonds. The second-order valence-electron chi connectivity index (χ2n) is 6.56. The van der Waals surface area contributed by atoms with Gasteiger partial charge in [-0.15, -0.1) is 0 Å². The average Bonchev–Trinajstić information content (AvgIpc) is 3.00. The van der Waals surface area contributed by atoms with Crippen molar-refractivity contribution < 1.29 is 18.0 Å². The van der Waals surface area contributed by atoms with E-state index < -0.39 is 15.8 Å². The molecule has 0 aliphatic carbocycles. The Hall–Kier alpha value is -2.09. The minimum atomic E-state index is -3.06. The fraction of sp³-hybridized carbons (Fsp3) is 0.529. The first-order valence-electron chi connectivity index (χ1n) is 8.50. The van der Waals surface area contributed by atoms with Gasteiger partial charge in [-0.05, 0) is 12.0 Å². The van der Waals surface area contributed by atoms with Gasteiger partial charge in [-0.2, -0.15) is 0 Å². The number of nitrogens with zero attached hydrogens (tertiary/aromatic N) is 2. The van der Waals surface area contributed by atoms with E-state index in [1.54, 1.807) is 9.80 Å². The average molecular weight is 365 g/mol. The molecular formula is C17H23N3O4S. The number of nitrogens with one attached hydrogen (secondary N) is 1. The Morgan fingerprint density at radius 2 is 1.68 bits per heavy atom. The molecule has 2 saturated heterocycles. The van der Waals surface area contributed by atoms with Crippen LogP contribution >= 0.6 is 0 Å². The highest BCUT2D eigenvalue weighted by molar-refractivity contribution is 7.91. The van der Waals surface area contributed by atoms with Crippen molar-refractivity contribution in [3.8, 4) is 0 Å². The Bertz CT molecular complexity index is 728. The van der Waals surface area contributed by atoms with Crippen molar-refractivity contribution in [1.29, 1.82) is 0 Å². The number of benzene rings is 1. The van der Waals surface area contributed by atoms with Gasteiger partial charge in [0.05, 0.1) is 17.4 Å². The molecule has 1 aromatic carbocycles. The zero-order valence-corrected chi connectivity index (χ0v) is 14.9. The minimum Gasteiger partial charge on any atom is -0.339 e. The molecule has 2 aliphatic rings. The van der Waals surface area contributed by atoms with Crippen LogP contribution in [0.1, 0.15) is 12.0 Å². The van der Waals surface area contributed by atoms with Gasteiger partial charge in [0.1, 0.15) is 0 Å². The van der Waals surface area contributed by atoms with Crippen LogP contribution in [0, 0.1) is 5.92 Å². The van der Waals surface area contributed by atoms with E-state index in [4.69, 9.17) is 0 Å². The highest BCUT2D eigenvalue weighted by atomic mass is 32.2. The summed E-state index contributed by atoms with van der Waals surface area (Å²) in [4.78, 5) is 28.0. The van der Waals surface area contributed by atoms with E-state index in [9.17, 15) is 18.0 Å². The Labute approximate surface area is 147 Å². The number of piperazine rings is 1. The van der Waals surface area contributed by atoms with Crippen LogP contribution in [-0.4, -0.2) is 67.8 Å². The molecule has 0 aromatic heterocycles. The SMILES string of the molecule is O=C(NCc1ccccc1)N1CCN(C(=O)C2CCS(=O)(=O)C2)CC1. The summed E-state index contributed by atoms with van der Waals surface area (Å²) in [5.41, 5.74) is 1.03. The first-order chi connectivity index (χ1) is 11.9. The number of amides is 3. The Morgan fingerprint density at radius 1 is 1.04 bits per heavy atom. The minimum absolute atomic E-state index is 0.0381. The van der Waals surface area contributed by atoms with E-state index in [0.29, 0.717) is 39.1 Å². The Balaban J connectivity index is 1.45. The standard InChI is InChI=1S/C17H23N3O4S/c21-16(15-6-11-25(23,24)13-15)19-7-9-20(10-8-19)17(22)18-12-14-4-2-1-3-5-14/h1-5,15H,6-13H2,(H,18,22). The van der Waals surface area contributed by atoms with Crippen molar-refractivity contribution >= 4 is 21.8 Å². The maximum atomic E-state index is 12.4. The maximum Gasteiger partial charge on any atom is 0.317 e. The summed E-state index contributed by atoms with van der Waals surface area (Å²) in [6.07, 6.45) is 0.416. The molecule has 2 aliphatic heterocycles. The molecule has 136 valence electrons. The number of hydrogen-bond acceptors (Lipinski definition) is 4. The highest BCUT2D eigenvalue weighted by Crippen LogP contribution is 2.21. The van der Waals surface area contributed by atoms with Crippen LogP contribution in [0.4, 0.5) is 4.79 Å². The molecule has 0 spiro atoms. The molecule has 2 heterocycles. The normalized spacial score (nSPS) is 22.6. The summed E-state index contributed by atoms with van der Waals surface area (Å²) in [6, 6.07) is 9.54. The van der Waals surface area contributed by atoms with Crippen molar-refractivity contribution in [3.63, 3.8) is 0 Å². The number of urea groups is 1. The molecular weight excluding hydrogens is 342 g/mol. The van der Waals surface area contributed by atoms with Crippen LogP contribution in [0.25, 0.3) is 0 Å². The molecule has 25 heavy (non-hydrogen) atoms. The van der Waals surface area contributed by atoms with Crippen molar-refractivity contribution in [2.24, 2.45) is 5.92 Å². The number of carbonyl (C=O) groups is 2. The van der Waals surface area contributed by atoms with Gasteiger partial charge >= 0.3 is 6.03 Å². The lowest BCUT2D eigenvalue weighted by Gasteiger charge is -2.35. The predicted molar refractivity (Wildman–Crippen MR) is 93.6 cm³/mol. The topological polar surface area (TPSA) is 86.8 Å². The summed E-state index contributed by atoms with van der Waals surface area (Å²) in [5.74, 6) is -0.441. The zero-order valence-electron chi connectivity index (χ0n) is 14.1. The van der Waals surface area contributed by atoms with Gasteiger partial charge < -0.3 is 15.1 Å². The maximum absolute atomic E-state index is 12.4. The first-order valence-corrected chi connectivity index (χ1v) is 10.3. The van der Waals surface area contributed by atoms with Gasteiger partial charge in [0.15, 0.2) is 9.84 Å². The highest BCUT2D eigenvalue weighted by Gasteiger charge is 2.36. The van der Waals surface area contributed by atoms with E-state index in [2.05, 4.69) is 5.32 Å². The van der Waals surface area contributed by atoms with Crippen LogP contribution in [0.3, 0.4) is 0 Å². The molecule has 3 rings (SSSR count). The molecule has 7 nitrogen and oxygen atoms in total. The molecule has 0 saturated carbocycles. The third kappa shape index (κ3) is 4.50. The molecule has 1 unspecified atom stereocenters. The molecule has 8 heteroatoms. The first kappa shape index (κ1) is 17.7. The lowest BCUT2D eigenvalue weighted by Crippen LogP contribution is -2.54. The third-order valence-corrected chi connectivity index (χ3v) is 6.51. The van der Waals surface area contributed by atoms with Gasteiger partial charge in [0, 0.05) is 32.7 Å². The van der Waals surface area contributed by atoms with Crippen LogP contribution in [0.5, 0.6) is 0 Å². The summed E-state index contributed by atoms with van der Waals surface area (Å²) in [7, 11) is -3.06. The van der Waals surface area contributed by atoms with E-state index in [1.807, 2.05) is 30.3 Å². The zero-order chi connectivity index (χ0) is 17.9. The lowest BCUT2D eigenvalue weighted by molar-refractivity contribution is -0.136. The quantitative estimate of drug-likeness (QED) is 0.844. The largest absolute Gasteiger partial charge is 0.339 e. The lowest BCUT2D eigenvalue weighted by atomic mass is 10.1. The molecule has 0 radical (unpaired) electrons. The smallest absolute Gasteiger partial charge is 0.317 e. The van der Waals surface area contributed by atoms with Crippen molar-refractivity contribution in [3.05, 3.63) is 35.9 Å². The monoisotopic (exact) mass is 365 g/mol. The molecule has 2 fully saturated rings. The summed E-state index contributed by atoms with van der Waals surface area (Å²) >= 11 is 0. The Kier molecular flexibility index (Phi) is 5.27. The van der Waals surface area contributed by atoms with E-state index in [-0.39, 0.29) is 23.4 Å². The molecule has 0 bridgehead atoms. The van der Waals surface area contributed by atoms with Crippen LogP contribution in [0.15, 0.2) is 30.3 Å². The van der Waals surface area contributed by atoms with E-state index in [0.717, 1.165) is 5.56 Å². The summed E-state index contributed by atoms with van der Waals surface area (Å²) < 4.78 is 23.1. The number of rotatable bonds is 3. The van der Waals surface area contributed by atoms with Crippen LogP contribution < -0.4 is 5.32 Å². The molecule has 1 N–H and O–H groups in total.